The minimum Gasteiger partial charge on any atom is -0.497 e. The zero-order valence-electron chi connectivity index (χ0n) is 13.7. The van der Waals surface area contributed by atoms with E-state index in [0.717, 1.165) is 30.7 Å². The molecule has 1 aliphatic heterocycles. The number of hydrogen-bond acceptors (Lipinski definition) is 4. The first-order valence-electron chi connectivity index (χ1n) is 8.39. The van der Waals surface area contributed by atoms with Crippen molar-refractivity contribution in [2.75, 3.05) is 20.3 Å². The van der Waals surface area contributed by atoms with Crippen LogP contribution in [0.4, 0.5) is 0 Å². The van der Waals surface area contributed by atoms with Gasteiger partial charge in [-0.15, -0.1) is 0 Å². The molecule has 1 aromatic heterocycles. The second-order valence-electron chi connectivity index (χ2n) is 6.25. The highest BCUT2D eigenvalue weighted by Crippen LogP contribution is 2.30. The molecule has 1 aliphatic carbocycles. The van der Waals surface area contributed by atoms with Crippen LogP contribution in [-0.2, 0) is 4.74 Å². The molecule has 1 saturated heterocycles. The predicted octanol–water partition coefficient (Wildman–Crippen LogP) is 2.27. The standard InChI is InChI=1S/C18H21N3O3/c1-23-14-7-5-13(6-8-14)21-10-9-15(19-21)18(22)20-11-12-24-17-4-2-3-16(17)20/h5-10,16-17H,2-4,11-12H2,1H3/t16-,17-/m0/s1. The van der Waals surface area contributed by atoms with E-state index in [0.29, 0.717) is 18.8 Å². The zero-order chi connectivity index (χ0) is 16.5. The highest BCUT2D eigenvalue weighted by atomic mass is 16.5. The molecule has 2 heterocycles. The number of aromatic nitrogens is 2. The lowest BCUT2D eigenvalue weighted by Crippen LogP contribution is -2.51. The smallest absolute Gasteiger partial charge is 0.274 e. The van der Waals surface area contributed by atoms with Crippen molar-refractivity contribution in [3.05, 3.63) is 42.2 Å². The highest BCUT2D eigenvalue weighted by Gasteiger charge is 2.39. The fourth-order valence-corrected chi connectivity index (χ4v) is 3.64. The lowest BCUT2D eigenvalue weighted by molar-refractivity contribution is -0.0447. The van der Waals surface area contributed by atoms with Crippen molar-refractivity contribution in [2.45, 2.75) is 31.4 Å². The minimum absolute atomic E-state index is 0.00228. The van der Waals surface area contributed by atoms with Gasteiger partial charge in [-0.2, -0.15) is 5.10 Å². The van der Waals surface area contributed by atoms with Gasteiger partial charge in [0.05, 0.1) is 31.5 Å². The van der Waals surface area contributed by atoms with E-state index in [1.807, 2.05) is 35.4 Å². The van der Waals surface area contributed by atoms with Crippen LogP contribution in [0.15, 0.2) is 36.5 Å². The number of nitrogens with zero attached hydrogens (tertiary/aromatic N) is 3. The molecular formula is C18H21N3O3. The molecule has 0 unspecified atom stereocenters. The summed E-state index contributed by atoms with van der Waals surface area (Å²) in [6, 6.07) is 9.58. The summed E-state index contributed by atoms with van der Waals surface area (Å²) in [5, 5.41) is 4.47. The molecule has 2 fully saturated rings. The van der Waals surface area contributed by atoms with E-state index in [9.17, 15) is 4.79 Å². The van der Waals surface area contributed by atoms with E-state index >= 15 is 0 Å². The maximum atomic E-state index is 12.9. The van der Waals surface area contributed by atoms with Gasteiger partial charge < -0.3 is 14.4 Å². The number of fused-ring (bicyclic) bond motifs is 1. The van der Waals surface area contributed by atoms with Gasteiger partial charge in [0.15, 0.2) is 5.69 Å². The molecule has 1 saturated carbocycles. The van der Waals surface area contributed by atoms with E-state index in [4.69, 9.17) is 9.47 Å². The molecule has 0 N–H and O–H groups in total. The molecule has 0 radical (unpaired) electrons. The van der Waals surface area contributed by atoms with Gasteiger partial charge in [0.2, 0.25) is 0 Å². The molecule has 0 bridgehead atoms. The Morgan fingerprint density at radius 3 is 2.88 bits per heavy atom. The Hall–Kier alpha value is -2.34. The van der Waals surface area contributed by atoms with Crippen LogP contribution in [0.25, 0.3) is 5.69 Å². The van der Waals surface area contributed by atoms with Gasteiger partial charge in [-0.05, 0) is 49.6 Å². The summed E-state index contributed by atoms with van der Waals surface area (Å²) in [7, 11) is 1.64. The summed E-state index contributed by atoms with van der Waals surface area (Å²) in [6.07, 6.45) is 5.22. The molecule has 2 aromatic rings. The molecule has 6 heteroatoms. The van der Waals surface area contributed by atoms with E-state index in [2.05, 4.69) is 5.10 Å². The SMILES string of the molecule is COc1ccc(-n2ccc(C(=O)N3CCO[C@H]4CCC[C@@H]43)n2)cc1. The summed E-state index contributed by atoms with van der Waals surface area (Å²) in [4.78, 5) is 14.8. The second-order valence-corrected chi connectivity index (χ2v) is 6.25. The number of methoxy groups -OCH3 is 1. The third-order valence-corrected chi connectivity index (χ3v) is 4.89. The maximum Gasteiger partial charge on any atom is 0.274 e. The van der Waals surface area contributed by atoms with Crippen molar-refractivity contribution in [1.29, 1.82) is 0 Å². The number of carbonyl (C=O) groups excluding carboxylic acids is 1. The Balaban J connectivity index is 1.54. The van der Waals surface area contributed by atoms with Crippen LogP contribution in [0.5, 0.6) is 5.75 Å². The number of benzene rings is 1. The van der Waals surface area contributed by atoms with Gasteiger partial charge >= 0.3 is 0 Å². The summed E-state index contributed by atoms with van der Waals surface area (Å²) in [5.74, 6) is 0.797. The first kappa shape index (κ1) is 15.2. The number of carbonyl (C=O) groups is 1. The Morgan fingerprint density at radius 1 is 1.25 bits per heavy atom. The van der Waals surface area contributed by atoms with Crippen LogP contribution in [0, 0.1) is 0 Å². The third kappa shape index (κ3) is 2.67. The molecule has 126 valence electrons. The van der Waals surface area contributed by atoms with Gasteiger partial charge in [0.1, 0.15) is 5.75 Å². The van der Waals surface area contributed by atoms with Crippen molar-refractivity contribution in [3.63, 3.8) is 0 Å². The van der Waals surface area contributed by atoms with Crippen molar-refractivity contribution in [2.24, 2.45) is 0 Å². The van der Waals surface area contributed by atoms with Crippen molar-refractivity contribution in [3.8, 4) is 11.4 Å². The molecule has 2 atom stereocenters. The highest BCUT2D eigenvalue weighted by molar-refractivity contribution is 5.92. The Kier molecular flexibility index (Phi) is 3.98. The lowest BCUT2D eigenvalue weighted by Gasteiger charge is -2.37. The monoisotopic (exact) mass is 327 g/mol. The first-order chi connectivity index (χ1) is 11.8. The molecule has 2 aliphatic rings. The van der Waals surface area contributed by atoms with Gasteiger partial charge in [0.25, 0.3) is 5.91 Å². The Morgan fingerprint density at radius 2 is 2.08 bits per heavy atom. The van der Waals surface area contributed by atoms with Gasteiger partial charge in [0, 0.05) is 12.7 Å². The number of amides is 1. The van der Waals surface area contributed by atoms with Crippen LogP contribution in [0.2, 0.25) is 0 Å². The lowest BCUT2D eigenvalue weighted by atomic mass is 10.1. The Labute approximate surface area is 141 Å². The molecule has 1 amide bonds. The van der Waals surface area contributed by atoms with Crippen molar-refractivity contribution >= 4 is 5.91 Å². The van der Waals surface area contributed by atoms with Crippen LogP contribution < -0.4 is 4.74 Å². The van der Waals surface area contributed by atoms with E-state index in [-0.39, 0.29) is 18.1 Å². The van der Waals surface area contributed by atoms with E-state index in [1.165, 1.54) is 0 Å². The topological polar surface area (TPSA) is 56.6 Å². The fourth-order valence-electron chi connectivity index (χ4n) is 3.64. The minimum atomic E-state index is 0.00228. The second kappa shape index (κ2) is 6.28. The molecule has 0 spiro atoms. The van der Waals surface area contributed by atoms with Crippen molar-refractivity contribution < 1.29 is 14.3 Å². The van der Waals surface area contributed by atoms with Gasteiger partial charge in [-0.3, -0.25) is 4.79 Å². The van der Waals surface area contributed by atoms with Gasteiger partial charge in [-0.1, -0.05) is 0 Å². The summed E-state index contributed by atoms with van der Waals surface area (Å²) < 4.78 is 12.7. The van der Waals surface area contributed by atoms with Crippen LogP contribution in [0.1, 0.15) is 29.8 Å². The summed E-state index contributed by atoms with van der Waals surface area (Å²) >= 11 is 0. The summed E-state index contributed by atoms with van der Waals surface area (Å²) in [5.41, 5.74) is 1.38. The predicted molar refractivity (Wildman–Crippen MR) is 88.5 cm³/mol. The molecule has 24 heavy (non-hydrogen) atoms. The largest absolute Gasteiger partial charge is 0.497 e. The van der Waals surface area contributed by atoms with Crippen LogP contribution in [0.3, 0.4) is 0 Å². The number of rotatable bonds is 3. The van der Waals surface area contributed by atoms with Crippen LogP contribution >= 0.6 is 0 Å². The maximum absolute atomic E-state index is 12.9. The first-order valence-corrected chi connectivity index (χ1v) is 8.39. The number of morpholine rings is 1. The normalized spacial score (nSPS) is 23.1. The average Bonchev–Trinajstić information content (AvgIpc) is 3.30. The fraction of sp³-hybridized carbons (Fsp3) is 0.444. The van der Waals surface area contributed by atoms with Crippen LogP contribution in [-0.4, -0.2) is 53.0 Å². The third-order valence-electron chi connectivity index (χ3n) is 4.89. The molecule has 6 nitrogen and oxygen atoms in total. The van der Waals surface area contributed by atoms with E-state index in [1.54, 1.807) is 17.9 Å². The number of hydrogen-bond donors (Lipinski definition) is 0. The number of ether oxygens (including phenoxy) is 2. The van der Waals surface area contributed by atoms with Crippen molar-refractivity contribution in [1.82, 2.24) is 14.7 Å². The molecule has 4 rings (SSSR count). The van der Waals surface area contributed by atoms with Gasteiger partial charge in [-0.25, -0.2) is 4.68 Å². The Bertz CT molecular complexity index is 725. The quantitative estimate of drug-likeness (QED) is 0.868. The summed E-state index contributed by atoms with van der Waals surface area (Å²) in [6.45, 7) is 1.27. The van der Waals surface area contributed by atoms with E-state index < -0.39 is 0 Å². The zero-order valence-corrected chi connectivity index (χ0v) is 13.7. The molecule has 1 aromatic carbocycles. The average molecular weight is 327 g/mol. The molecular weight excluding hydrogens is 306 g/mol.